The second kappa shape index (κ2) is 6.22. The van der Waals surface area contributed by atoms with E-state index in [0.717, 1.165) is 15.2 Å². The Morgan fingerprint density at radius 1 is 1.00 bits per heavy atom. The highest BCUT2D eigenvalue weighted by molar-refractivity contribution is 7.18. The van der Waals surface area contributed by atoms with E-state index in [1.165, 1.54) is 11.1 Å². The smallest absolute Gasteiger partial charge is 0.230 e. The Balaban J connectivity index is 1.62. The average Bonchev–Trinajstić information content (AvgIpc) is 3.21. The van der Waals surface area contributed by atoms with Crippen LogP contribution in [0.4, 0.5) is 0 Å². The predicted octanol–water partition coefficient (Wildman–Crippen LogP) is 4.00. The summed E-state index contributed by atoms with van der Waals surface area (Å²) >= 11 is 1.62. The van der Waals surface area contributed by atoms with Crippen LogP contribution in [-0.4, -0.2) is 15.2 Å². The number of hydrogen-bond donors (Lipinski definition) is 0. The number of benzene rings is 2. The normalized spacial score (nSPS) is 10.8. The number of fused-ring (bicyclic) bond motifs is 1. The summed E-state index contributed by atoms with van der Waals surface area (Å²) in [7, 11) is 0. The summed E-state index contributed by atoms with van der Waals surface area (Å²) in [4.78, 5) is 4.62. The van der Waals surface area contributed by atoms with Gasteiger partial charge >= 0.3 is 0 Å². The predicted molar refractivity (Wildman–Crippen MR) is 91.5 cm³/mol. The lowest BCUT2D eigenvalue weighted by molar-refractivity contribution is 0.469. The van der Waals surface area contributed by atoms with Crippen LogP contribution in [0.15, 0.2) is 52.9 Å². The summed E-state index contributed by atoms with van der Waals surface area (Å²) in [5, 5.41) is 17.4. The molecule has 0 fully saturated rings. The highest BCUT2D eigenvalue weighted by Crippen LogP contribution is 2.29. The van der Waals surface area contributed by atoms with E-state index < -0.39 is 0 Å². The zero-order valence-corrected chi connectivity index (χ0v) is 13.5. The van der Waals surface area contributed by atoms with Gasteiger partial charge in [0.1, 0.15) is 11.4 Å². The lowest BCUT2D eigenvalue weighted by atomic mass is 10.1. The van der Waals surface area contributed by atoms with Crippen LogP contribution in [0.5, 0.6) is 0 Å². The molecule has 0 aliphatic carbocycles. The summed E-state index contributed by atoms with van der Waals surface area (Å²) in [6, 6.07) is 18.5. The van der Waals surface area contributed by atoms with Gasteiger partial charge in [0.05, 0.1) is 22.7 Å². The van der Waals surface area contributed by atoms with Crippen LogP contribution >= 0.6 is 11.3 Å². The zero-order valence-electron chi connectivity index (χ0n) is 12.6. The van der Waals surface area contributed by atoms with Crippen molar-refractivity contribution < 1.29 is 4.42 Å². The molecule has 2 aromatic heterocycles. The molecule has 0 radical (unpaired) electrons. The first kappa shape index (κ1) is 14.5. The topological polar surface area (TPSA) is 75.6 Å². The maximum atomic E-state index is 8.65. The third kappa shape index (κ3) is 2.90. The monoisotopic (exact) mass is 332 g/mol. The summed E-state index contributed by atoms with van der Waals surface area (Å²) in [6.07, 6.45) is 0.617. The molecule has 0 spiro atoms. The van der Waals surface area contributed by atoms with Gasteiger partial charge in [-0.05, 0) is 23.3 Å². The lowest BCUT2D eigenvalue weighted by Gasteiger charge is -2.00. The van der Waals surface area contributed by atoms with E-state index in [4.69, 9.17) is 9.68 Å². The van der Waals surface area contributed by atoms with Gasteiger partial charge in [0.2, 0.25) is 11.8 Å². The van der Waals surface area contributed by atoms with E-state index in [-0.39, 0.29) is 6.42 Å². The van der Waals surface area contributed by atoms with Crippen molar-refractivity contribution in [1.29, 1.82) is 5.26 Å². The van der Waals surface area contributed by atoms with E-state index in [0.29, 0.717) is 18.2 Å². The van der Waals surface area contributed by atoms with Gasteiger partial charge in [-0.2, -0.15) is 5.26 Å². The van der Waals surface area contributed by atoms with Crippen molar-refractivity contribution in [3.63, 3.8) is 0 Å². The number of hydrogen-bond acceptors (Lipinski definition) is 6. The molecule has 0 unspecified atom stereocenters. The molecule has 0 amide bonds. The minimum Gasteiger partial charge on any atom is -0.424 e. The first-order valence-corrected chi connectivity index (χ1v) is 8.26. The molecule has 6 heteroatoms. The molecular weight excluding hydrogens is 320 g/mol. The Hall–Kier alpha value is -3.04. The van der Waals surface area contributed by atoms with Crippen LogP contribution in [-0.2, 0) is 12.8 Å². The van der Waals surface area contributed by atoms with Crippen molar-refractivity contribution in [1.82, 2.24) is 15.2 Å². The fourth-order valence-corrected chi connectivity index (χ4v) is 3.48. The fraction of sp³-hybridized carbons (Fsp3) is 0.111. The highest BCUT2D eigenvalue weighted by atomic mass is 32.1. The minimum absolute atomic E-state index is 0.132. The molecule has 4 aromatic rings. The van der Waals surface area contributed by atoms with Gasteiger partial charge in [0.15, 0.2) is 0 Å². The van der Waals surface area contributed by atoms with Gasteiger partial charge in [0, 0.05) is 0 Å². The maximum absolute atomic E-state index is 8.65. The largest absolute Gasteiger partial charge is 0.424 e. The number of rotatable bonds is 4. The van der Waals surface area contributed by atoms with E-state index in [9.17, 15) is 0 Å². The molecule has 0 aliphatic heterocycles. The van der Waals surface area contributed by atoms with Crippen molar-refractivity contribution in [2.45, 2.75) is 12.8 Å². The number of aromatic nitrogens is 3. The third-order valence-corrected chi connectivity index (χ3v) is 4.60. The van der Waals surface area contributed by atoms with Crippen molar-refractivity contribution in [2.24, 2.45) is 0 Å². The Labute approximate surface area is 142 Å². The molecule has 0 saturated carbocycles. The molecule has 5 nitrogen and oxygen atoms in total. The Morgan fingerprint density at radius 3 is 2.67 bits per heavy atom. The van der Waals surface area contributed by atoms with E-state index >= 15 is 0 Å². The summed E-state index contributed by atoms with van der Waals surface area (Å²) in [6.45, 7) is 0. The van der Waals surface area contributed by atoms with Gasteiger partial charge in [-0.3, -0.25) is 0 Å². The summed E-state index contributed by atoms with van der Waals surface area (Å²) in [5.74, 6) is 0.836. The first-order valence-electron chi connectivity index (χ1n) is 7.45. The van der Waals surface area contributed by atoms with Gasteiger partial charge in [-0.25, -0.2) is 4.98 Å². The standard InChI is InChI=1S/C18H12N4OS/c19-9-8-16-21-22-17(23-16)11-18-20-14-7-6-13(10-15(14)24-18)12-4-2-1-3-5-12/h1-7,10H,8,11H2. The van der Waals surface area contributed by atoms with Crippen molar-refractivity contribution in [3.05, 3.63) is 65.3 Å². The Bertz CT molecular complexity index is 1030. The van der Waals surface area contributed by atoms with Crippen molar-refractivity contribution in [2.75, 3.05) is 0 Å². The molecule has 0 atom stereocenters. The molecule has 0 aliphatic rings. The van der Waals surface area contributed by atoms with E-state index in [2.05, 4.69) is 39.4 Å². The first-order chi connectivity index (χ1) is 11.8. The van der Waals surface area contributed by atoms with E-state index in [1.807, 2.05) is 30.3 Å². The Morgan fingerprint density at radius 2 is 1.83 bits per heavy atom. The van der Waals surface area contributed by atoms with E-state index in [1.54, 1.807) is 11.3 Å². The molecule has 0 bridgehead atoms. The van der Waals surface area contributed by atoms with Crippen LogP contribution in [0.25, 0.3) is 21.3 Å². The number of nitrogens with zero attached hydrogens (tertiary/aromatic N) is 4. The molecule has 2 aromatic carbocycles. The van der Waals surface area contributed by atoms with Gasteiger partial charge < -0.3 is 4.42 Å². The minimum atomic E-state index is 0.132. The SMILES string of the molecule is N#CCc1nnc(Cc2nc3ccc(-c4ccccc4)cc3s2)o1. The van der Waals surface area contributed by atoms with Crippen LogP contribution < -0.4 is 0 Å². The summed E-state index contributed by atoms with van der Waals surface area (Å²) in [5.41, 5.74) is 3.33. The van der Waals surface area contributed by atoms with Crippen molar-refractivity contribution >= 4 is 21.6 Å². The maximum Gasteiger partial charge on any atom is 0.230 e. The fourth-order valence-electron chi connectivity index (χ4n) is 2.49. The molecule has 116 valence electrons. The summed E-state index contributed by atoms with van der Waals surface area (Å²) < 4.78 is 6.57. The number of nitriles is 1. The highest BCUT2D eigenvalue weighted by Gasteiger charge is 2.11. The van der Waals surface area contributed by atoms with Crippen LogP contribution in [0, 0.1) is 11.3 Å². The van der Waals surface area contributed by atoms with Crippen LogP contribution in [0.2, 0.25) is 0 Å². The zero-order chi connectivity index (χ0) is 16.4. The molecular formula is C18H12N4OS. The Kier molecular flexibility index (Phi) is 3.77. The van der Waals surface area contributed by atoms with Gasteiger partial charge in [-0.1, -0.05) is 36.4 Å². The molecule has 0 saturated heterocycles. The average molecular weight is 332 g/mol. The lowest BCUT2D eigenvalue weighted by Crippen LogP contribution is -1.86. The van der Waals surface area contributed by atoms with Gasteiger partial charge in [-0.15, -0.1) is 21.5 Å². The molecule has 2 heterocycles. The number of thiazole rings is 1. The third-order valence-electron chi connectivity index (χ3n) is 3.58. The van der Waals surface area contributed by atoms with Crippen molar-refractivity contribution in [3.8, 4) is 17.2 Å². The molecule has 0 N–H and O–H groups in total. The second-order valence-electron chi connectivity index (χ2n) is 5.26. The quantitative estimate of drug-likeness (QED) is 0.564. The molecule has 24 heavy (non-hydrogen) atoms. The van der Waals surface area contributed by atoms with Gasteiger partial charge in [0.25, 0.3) is 0 Å². The second-order valence-corrected chi connectivity index (χ2v) is 6.37. The van der Waals surface area contributed by atoms with Crippen LogP contribution in [0.3, 0.4) is 0 Å². The molecule has 4 rings (SSSR count). The van der Waals surface area contributed by atoms with Crippen LogP contribution in [0.1, 0.15) is 16.8 Å².